The van der Waals surface area contributed by atoms with Crippen molar-refractivity contribution >= 4 is 32.8 Å². The first-order chi connectivity index (χ1) is 12.6. The number of aromatic nitrogens is 3. The number of benzene rings is 2. The first kappa shape index (κ1) is 16.8. The Hall–Kier alpha value is -2.66. The molecule has 4 rings (SSSR count). The summed E-state index contributed by atoms with van der Waals surface area (Å²) in [4.78, 5) is 9.11. The van der Waals surface area contributed by atoms with Gasteiger partial charge in [0.1, 0.15) is 12.1 Å². The molecule has 1 N–H and O–H groups in total. The van der Waals surface area contributed by atoms with E-state index in [-0.39, 0.29) is 6.04 Å². The zero-order valence-electron chi connectivity index (χ0n) is 14.6. The van der Waals surface area contributed by atoms with E-state index < -0.39 is 0 Å². The molecular formula is C21H19BrN4. The third kappa shape index (κ3) is 3.10. The zero-order chi connectivity index (χ0) is 18.1. The van der Waals surface area contributed by atoms with Crippen molar-refractivity contribution in [1.82, 2.24) is 14.5 Å². The molecule has 0 saturated heterocycles. The van der Waals surface area contributed by atoms with E-state index in [4.69, 9.17) is 0 Å². The molecule has 4 nitrogen and oxygen atoms in total. The number of fused-ring (bicyclic) bond motifs is 1. The van der Waals surface area contributed by atoms with E-state index in [1.54, 1.807) is 6.33 Å². The third-order valence-corrected chi connectivity index (χ3v) is 4.73. The molecule has 0 radical (unpaired) electrons. The van der Waals surface area contributed by atoms with Crippen molar-refractivity contribution < 1.29 is 0 Å². The summed E-state index contributed by atoms with van der Waals surface area (Å²) in [6.45, 7) is 4.23. The van der Waals surface area contributed by atoms with Crippen LogP contribution in [0.3, 0.4) is 0 Å². The van der Waals surface area contributed by atoms with Crippen LogP contribution in [-0.2, 0) is 0 Å². The lowest BCUT2D eigenvalue weighted by atomic mass is 10.1. The number of hydrogen-bond acceptors (Lipinski definition) is 3. The van der Waals surface area contributed by atoms with E-state index in [0.717, 1.165) is 38.1 Å². The maximum atomic E-state index is 4.59. The van der Waals surface area contributed by atoms with Crippen LogP contribution >= 0.6 is 15.9 Å². The molecule has 0 aliphatic heterocycles. The molecule has 0 aliphatic rings. The van der Waals surface area contributed by atoms with Crippen LogP contribution in [0.4, 0.5) is 5.82 Å². The minimum absolute atomic E-state index is 0.285. The number of nitrogens with one attached hydrogen (secondary N) is 1. The van der Waals surface area contributed by atoms with Crippen molar-refractivity contribution in [3.63, 3.8) is 0 Å². The van der Waals surface area contributed by atoms with Crippen LogP contribution in [0.2, 0.25) is 0 Å². The molecule has 0 saturated carbocycles. The Morgan fingerprint density at radius 3 is 2.38 bits per heavy atom. The summed E-state index contributed by atoms with van der Waals surface area (Å²) in [5.41, 5.74) is 4.22. The van der Waals surface area contributed by atoms with Gasteiger partial charge in [0, 0.05) is 28.0 Å². The maximum absolute atomic E-state index is 4.59. The quantitative estimate of drug-likeness (QED) is 0.474. The molecule has 2 aromatic carbocycles. The second kappa shape index (κ2) is 6.92. The second-order valence-corrected chi connectivity index (χ2v) is 7.39. The SMILES string of the molecule is CC(C)Nc1ncnc2c1c(-c1ccccc1)cn2-c1ccc(Br)cc1. The molecule has 5 heteroatoms. The van der Waals surface area contributed by atoms with E-state index in [2.05, 4.69) is 92.2 Å². The normalized spacial score (nSPS) is 11.2. The number of rotatable bonds is 4. The van der Waals surface area contributed by atoms with Crippen LogP contribution in [-0.4, -0.2) is 20.6 Å². The van der Waals surface area contributed by atoms with Gasteiger partial charge in [0.2, 0.25) is 0 Å². The lowest BCUT2D eigenvalue weighted by Crippen LogP contribution is -2.11. The smallest absolute Gasteiger partial charge is 0.150 e. The van der Waals surface area contributed by atoms with Gasteiger partial charge in [-0.25, -0.2) is 9.97 Å². The topological polar surface area (TPSA) is 42.7 Å². The lowest BCUT2D eigenvalue weighted by molar-refractivity contribution is 0.890. The molecule has 4 aromatic rings. The number of hydrogen-bond donors (Lipinski definition) is 1. The van der Waals surface area contributed by atoms with Crippen molar-refractivity contribution in [3.8, 4) is 16.8 Å². The number of nitrogens with zero attached hydrogens (tertiary/aromatic N) is 3. The Labute approximate surface area is 161 Å². The summed E-state index contributed by atoms with van der Waals surface area (Å²) in [6.07, 6.45) is 3.76. The molecule has 26 heavy (non-hydrogen) atoms. The molecule has 0 spiro atoms. The van der Waals surface area contributed by atoms with E-state index in [0.29, 0.717) is 0 Å². The minimum Gasteiger partial charge on any atom is -0.367 e. The van der Waals surface area contributed by atoms with Crippen LogP contribution in [0.15, 0.2) is 71.6 Å². The molecule has 0 aliphatic carbocycles. The van der Waals surface area contributed by atoms with E-state index in [1.807, 2.05) is 18.2 Å². The summed E-state index contributed by atoms with van der Waals surface area (Å²) in [7, 11) is 0. The highest BCUT2D eigenvalue weighted by Crippen LogP contribution is 2.35. The van der Waals surface area contributed by atoms with E-state index in [9.17, 15) is 0 Å². The van der Waals surface area contributed by atoms with Gasteiger partial charge in [0.05, 0.1) is 5.39 Å². The fraction of sp³-hybridized carbons (Fsp3) is 0.143. The molecule has 2 heterocycles. The molecule has 0 fully saturated rings. The standard InChI is InChI=1S/C21H19BrN4/c1-14(2)25-20-19-18(15-6-4-3-5-7-15)12-26(21(19)24-13-23-20)17-10-8-16(22)9-11-17/h3-14H,1-2H3,(H,23,24,25). The Balaban J connectivity index is 2.01. The average molecular weight is 407 g/mol. The van der Waals surface area contributed by atoms with Crippen molar-refractivity contribution in [2.45, 2.75) is 19.9 Å². The summed E-state index contributed by atoms with van der Waals surface area (Å²) in [6, 6.07) is 18.9. The van der Waals surface area contributed by atoms with Crippen LogP contribution in [0.5, 0.6) is 0 Å². The highest BCUT2D eigenvalue weighted by atomic mass is 79.9. The summed E-state index contributed by atoms with van der Waals surface area (Å²) in [5, 5.41) is 4.50. The van der Waals surface area contributed by atoms with Crippen LogP contribution < -0.4 is 5.32 Å². The highest BCUT2D eigenvalue weighted by Gasteiger charge is 2.17. The fourth-order valence-electron chi connectivity index (χ4n) is 3.08. The molecule has 0 bridgehead atoms. The van der Waals surface area contributed by atoms with Gasteiger partial charge < -0.3 is 9.88 Å². The van der Waals surface area contributed by atoms with Crippen LogP contribution in [0, 0.1) is 0 Å². The molecule has 2 aromatic heterocycles. The monoisotopic (exact) mass is 406 g/mol. The van der Waals surface area contributed by atoms with Crippen molar-refractivity contribution in [2.75, 3.05) is 5.32 Å². The average Bonchev–Trinajstić information content (AvgIpc) is 3.03. The lowest BCUT2D eigenvalue weighted by Gasteiger charge is -2.11. The van der Waals surface area contributed by atoms with Crippen molar-refractivity contribution in [3.05, 3.63) is 71.6 Å². The van der Waals surface area contributed by atoms with Crippen molar-refractivity contribution in [2.24, 2.45) is 0 Å². The summed E-state index contributed by atoms with van der Waals surface area (Å²) in [5.74, 6) is 0.861. The van der Waals surface area contributed by atoms with Crippen LogP contribution in [0.1, 0.15) is 13.8 Å². The van der Waals surface area contributed by atoms with E-state index >= 15 is 0 Å². The maximum Gasteiger partial charge on any atom is 0.150 e. The number of anilines is 1. The fourth-order valence-corrected chi connectivity index (χ4v) is 3.34. The highest BCUT2D eigenvalue weighted by molar-refractivity contribution is 9.10. The predicted octanol–water partition coefficient (Wildman–Crippen LogP) is 5.67. The van der Waals surface area contributed by atoms with Gasteiger partial charge in [-0.3, -0.25) is 0 Å². The van der Waals surface area contributed by atoms with Gasteiger partial charge in [-0.1, -0.05) is 46.3 Å². The zero-order valence-corrected chi connectivity index (χ0v) is 16.2. The molecule has 0 amide bonds. The van der Waals surface area contributed by atoms with E-state index in [1.165, 1.54) is 0 Å². The summed E-state index contributed by atoms with van der Waals surface area (Å²) >= 11 is 3.50. The van der Waals surface area contributed by atoms with Gasteiger partial charge in [0.25, 0.3) is 0 Å². The number of halogens is 1. The Morgan fingerprint density at radius 2 is 1.69 bits per heavy atom. The van der Waals surface area contributed by atoms with Crippen molar-refractivity contribution in [1.29, 1.82) is 0 Å². The van der Waals surface area contributed by atoms with Gasteiger partial charge in [0.15, 0.2) is 5.65 Å². The molecule has 0 atom stereocenters. The molecular weight excluding hydrogens is 388 g/mol. The molecule has 130 valence electrons. The van der Waals surface area contributed by atoms with Gasteiger partial charge in [-0.05, 0) is 43.7 Å². The Kier molecular flexibility index (Phi) is 4.47. The molecule has 0 unspecified atom stereocenters. The summed E-state index contributed by atoms with van der Waals surface area (Å²) < 4.78 is 3.18. The minimum atomic E-state index is 0.285. The third-order valence-electron chi connectivity index (χ3n) is 4.20. The van der Waals surface area contributed by atoms with Crippen LogP contribution in [0.25, 0.3) is 27.8 Å². The second-order valence-electron chi connectivity index (χ2n) is 6.48. The largest absolute Gasteiger partial charge is 0.367 e. The Bertz CT molecular complexity index is 1040. The first-order valence-electron chi connectivity index (χ1n) is 8.57. The predicted molar refractivity (Wildman–Crippen MR) is 111 cm³/mol. The van der Waals surface area contributed by atoms with Gasteiger partial charge in [-0.15, -0.1) is 0 Å². The first-order valence-corrected chi connectivity index (χ1v) is 9.37. The van der Waals surface area contributed by atoms with Gasteiger partial charge in [-0.2, -0.15) is 0 Å². The van der Waals surface area contributed by atoms with Gasteiger partial charge >= 0.3 is 0 Å². The Morgan fingerprint density at radius 1 is 0.962 bits per heavy atom.